The van der Waals surface area contributed by atoms with Crippen LogP contribution in [-0.2, 0) is 0 Å². The van der Waals surface area contributed by atoms with Gasteiger partial charge >= 0.3 is 0 Å². The molecular weight excluding hydrogens is 306 g/mol. The van der Waals surface area contributed by atoms with Gasteiger partial charge in [0.1, 0.15) is 0 Å². The molecule has 1 aromatic carbocycles. The van der Waals surface area contributed by atoms with Gasteiger partial charge in [0.2, 0.25) is 0 Å². The molecular formula is C14H16BrN3O. The molecule has 0 radical (unpaired) electrons. The largest absolute Gasteiger partial charge is 0.354 e. The Morgan fingerprint density at radius 2 is 2.21 bits per heavy atom. The number of fused-ring (bicyclic) bond motifs is 2. The summed E-state index contributed by atoms with van der Waals surface area (Å²) in [6.45, 7) is 2.08. The molecule has 2 aromatic rings. The summed E-state index contributed by atoms with van der Waals surface area (Å²) >= 11 is 3.51. The van der Waals surface area contributed by atoms with Gasteiger partial charge in [-0.3, -0.25) is 0 Å². The first-order valence-corrected chi connectivity index (χ1v) is 7.57. The van der Waals surface area contributed by atoms with Crippen LogP contribution in [-0.4, -0.2) is 24.3 Å². The zero-order valence-corrected chi connectivity index (χ0v) is 12.1. The summed E-state index contributed by atoms with van der Waals surface area (Å²) in [7, 11) is 0. The Kier molecular flexibility index (Phi) is 2.60. The van der Waals surface area contributed by atoms with E-state index >= 15 is 0 Å². The maximum atomic E-state index is 6.19. The molecule has 4 rings (SSSR count). The van der Waals surface area contributed by atoms with E-state index in [-0.39, 0.29) is 0 Å². The molecule has 3 atom stereocenters. The predicted octanol–water partition coefficient (Wildman–Crippen LogP) is 2.76. The third-order valence-corrected chi connectivity index (χ3v) is 5.12. The third kappa shape index (κ3) is 1.79. The van der Waals surface area contributed by atoms with Gasteiger partial charge in [0.15, 0.2) is 11.4 Å². The molecule has 3 unspecified atom stereocenters. The molecule has 2 fully saturated rings. The van der Waals surface area contributed by atoms with Crippen LogP contribution >= 0.6 is 15.9 Å². The van der Waals surface area contributed by atoms with E-state index in [1.165, 1.54) is 12.8 Å². The first kappa shape index (κ1) is 11.7. The average Bonchev–Trinajstić information content (AvgIpc) is 3.04. The zero-order valence-electron chi connectivity index (χ0n) is 10.6. The number of anilines is 1. The van der Waals surface area contributed by atoms with Gasteiger partial charge in [0.05, 0.1) is 5.39 Å². The number of nitrogens with two attached hydrogens (primary N) is 1. The lowest BCUT2D eigenvalue weighted by Gasteiger charge is -2.17. The van der Waals surface area contributed by atoms with E-state index in [2.05, 4.69) is 32.1 Å². The number of nitrogens with zero attached hydrogens (tertiary/aromatic N) is 2. The van der Waals surface area contributed by atoms with Crippen molar-refractivity contribution in [2.24, 2.45) is 17.6 Å². The van der Waals surface area contributed by atoms with Gasteiger partial charge in [-0.1, -0.05) is 21.1 Å². The Labute approximate surface area is 120 Å². The quantitative estimate of drug-likeness (QED) is 0.877. The highest BCUT2D eigenvalue weighted by Gasteiger charge is 2.42. The van der Waals surface area contributed by atoms with Crippen molar-refractivity contribution in [3.05, 3.63) is 22.7 Å². The smallest absolute Gasteiger partial charge is 0.180 e. The van der Waals surface area contributed by atoms with Crippen molar-refractivity contribution in [1.82, 2.24) is 5.16 Å². The van der Waals surface area contributed by atoms with Crippen LogP contribution in [0.5, 0.6) is 0 Å². The van der Waals surface area contributed by atoms with Crippen molar-refractivity contribution in [3.8, 4) is 0 Å². The van der Waals surface area contributed by atoms with Crippen LogP contribution in [0.25, 0.3) is 11.0 Å². The van der Waals surface area contributed by atoms with E-state index in [1.54, 1.807) is 0 Å². The van der Waals surface area contributed by atoms with Crippen LogP contribution in [0.15, 0.2) is 27.2 Å². The minimum Gasteiger partial charge on any atom is -0.354 e. The SMILES string of the molecule is NC1CCC2CN(c3noc4ccc(Br)cc34)CC12. The van der Waals surface area contributed by atoms with Crippen molar-refractivity contribution < 1.29 is 4.52 Å². The molecule has 4 nitrogen and oxygen atoms in total. The molecule has 0 spiro atoms. The van der Waals surface area contributed by atoms with E-state index in [9.17, 15) is 0 Å². The highest BCUT2D eigenvalue weighted by atomic mass is 79.9. The molecule has 1 saturated carbocycles. The van der Waals surface area contributed by atoms with Crippen molar-refractivity contribution in [2.45, 2.75) is 18.9 Å². The highest BCUT2D eigenvalue weighted by molar-refractivity contribution is 9.10. The van der Waals surface area contributed by atoms with Crippen LogP contribution in [0.2, 0.25) is 0 Å². The zero-order chi connectivity index (χ0) is 13.0. The Hall–Kier alpha value is -1.07. The number of benzene rings is 1. The van der Waals surface area contributed by atoms with Gasteiger partial charge in [0.25, 0.3) is 0 Å². The molecule has 19 heavy (non-hydrogen) atoms. The van der Waals surface area contributed by atoms with Crippen molar-refractivity contribution in [2.75, 3.05) is 18.0 Å². The van der Waals surface area contributed by atoms with Crippen LogP contribution in [0.4, 0.5) is 5.82 Å². The van der Waals surface area contributed by atoms with Crippen molar-refractivity contribution in [3.63, 3.8) is 0 Å². The van der Waals surface area contributed by atoms with Gasteiger partial charge in [-0.25, -0.2) is 0 Å². The fourth-order valence-corrected chi connectivity index (χ4v) is 3.97. The Morgan fingerprint density at radius 3 is 3.05 bits per heavy atom. The molecule has 2 heterocycles. The summed E-state index contributed by atoms with van der Waals surface area (Å²) in [4.78, 5) is 2.34. The second-order valence-corrected chi connectivity index (χ2v) is 6.63. The monoisotopic (exact) mass is 321 g/mol. The van der Waals surface area contributed by atoms with E-state index in [0.29, 0.717) is 12.0 Å². The highest BCUT2D eigenvalue weighted by Crippen LogP contribution is 2.40. The van der Waals surface area contributed by atoms with E-state index in [0.717, 1.165) is 40.3 Å². The van der Waals surface area contributed by atoms with Gasteiger partial charge < -0.3 is 15.2 Å². The minimum absolute atomic E-state index is 0.361. The minimum atomic E-state index is 0.361. The second-order valence-electron chi connectivity index (χ2n) is 5.72. The van der Waals surface area contributed by atoms with E-state index < -0.39 is 0 Å². The number of rotatable bonds is 1. The standard InChI is InChI=1S/C14H16BrN3O/c15-9-2-4-13-10(5-9)14(17-19-13)18-6-8-1-3-12(16)11(8)7-18/h2,4-5,8,11-12H,1,3,6-7,16H2. The number of hydrogen-bond acceptors (Lipinski definition) is 4. The van der Waals surface area contributed by atoms with Crippen LogP contribution in [0, 0.1) is 11.8 Å². The van der Waals surface area contributed by atoms with Crippen molar-refractivity contribution in [1.29, 1.82) is 0 Å². The number of halogens is 1. The lowest BCUT2D eigenvalue weighted by molar-refractivity contribution is 0.451. The van der Waals surface area contributed by atoms with Crippen LogP contribution < -0.4 is 10.6 Å². The molecule has 5 heteroatoms. The van der Waals surface area contributed by atoms with Crippen LogP contribution in [0.1, 0.15) is 12.8 Å². The number of aromatic nitrogens is 1. The van der Waals surface area contributed by atoms with E-state index in [1.807, 2.05) is 12.1 Å². The molecule has 1 saturated heterocycles. The first-order valence-electron chi connectivity index (χ1n) is 6.78. The molecule has 2 N–H and O–H groups in total. The summed E-state index contributed by atoms with van der Waals surface area (Å²) in [5.74, 6) is 2.32. The summed E-state index contributed by atoms with van der Waals surface area (Å²) in [5, 5.41) is 5.35. The van der Waals surface area contributed by atoms with E-state index in [4.69, 9.17) is 10.3 Å². The molecule has 1 aliphatic heterocycles. The Bertz CT molecular complexity index is 626. The van der Waals surface area contributed by atoms with Crippen LogP contribution in [0.3, 0.4) is 0 Å². The second kappa shape index (κ2) is 4.21. The predicted molar refractivity (Wildman–Crippen MR) is 78.1 cm³/mol. The number of hydrogen-bond donors (Lipinski definition) is 1. The maximum Gasteiger partial charge on any atom is 0.180 e. The maximum absolute atomic E-state index is 6.19. The fourth-order valence-electron chi connectivity index (χ4n) is 3.61. The summed E-state index contributed by atoms with van der Waals surface area (Å²) in [5.41, 5.74) is 7.04. The normalized spacial score (nSPS) is 30.2. The lowest BCUT2D eigenvalue weighted by Crippen LogP contribution is -2.30. The molecule has 0 bridgehead atoms. The molecule has 100 valence electrons. The first-order chi connectivity index (χ1) is 9.22. The Morgan fingerprint density at radius 1 is 1.32 bits per heavy atom. The molecule has 1 aromatic heterocycles. The average molecular weight is 322 g/mol. The molecule has 1 aliphatic carbocycles. The molecule has 0 amide bonds. The summed E-state index contributed by atoms with van der Waals surface area (Å²) in [6.07, 6.45) is 2.43. The van der Waals surface area contributed by atoms with Gasteiger partial charge in [0, 0.05) is 23.6 Å². The van der Waals surface area contributed by atoms with Gasteiger partial charge in [-0.05, 0) is 42.9 Å². The summed E-state index contributed by atoms with van der Waals surface area (Å²) in [6, 6.07) is 6.37. The summed E-state index contributed by atoms with van der Waals surface area (Å²) < 4.78 is 6.48. The van der Waals surface area contributed by atoms with Gasteiger partial charge in [-0.2, -0.15) is 0 Å². The fraction of sp³-hybridized carbons (Fsp3) is 0.500. The molecule has 2 aliphatic rings. The van der Waals surface area contributed by atoms with Crippen molar-refractivity contribution >= 4 is 32.7 Å². The topological polar surface area (TPSA) is 55.3 Å². The Balaban J connectivity index is 1.70. The third-order valence-electron chi connectivity index (χ3n) is 4.62. The van der Waals surface area contributed by atoms with Gasteiger partial charge in [-0.15, -0.1) is 0 Å². The lowest BCUT2D eigenvalue weighted by atomic mass is 9.98.